The molecule has 4 nitrogen and oxygen atoms in total. The van der Waals surface area contributed by atoms with Crippen LogP contribution >= 0.6 is 0 Å². The second kappa shape index (κ2) is 9.83. The second-order valence-electron chi connectivity index (χ2n) is 7.99. The topological polar surface area (TPSA) is 36.4 Å². The minimum atomic E-state index is 0.108. The number of carbonyl (C=O) groups is 1. The molecule has 1 amide bonds. The molecular weight excluding hydrogens is 346 g/mol. The van der Waals surface area contributed by atoms with Crippen molar-refractivity contribution in [2.24, 2.45) is 5.92 Å². The largest absolute Gasteiger partial charge is 0.339 e. The quantitative estimate of drug-likeness (QED) is 0.726. The molecule has 0 bridgehead atoms. The molecule has 0 atom stereocenters. The fourth-order valence-corrected chi connectivity index (χ4v) is 4.01. The lowest BCUT2D eigenvalue weighted by Gasteiger charge is -2.34. The summed E-state index contributed by atoms with van der Waals surface area (Å²) in [5, 5.41) is 0. The summed E-state index contributed by atoms with van der Waals surface area (Å²) < 4.78 is 0. The molecule has 1 aliphatic heterocycles. The molecule has 0 N–H and O–H groups in total. The van der Waals surface area contributed by atoms with Gasteiger partial charge in [0.1, 0.15) is 0 Å². The Labute approximate surface area is 169 Å². The maximum Gasteiger partial charge on any atom is 0.255 e. The van der Waals surface area contributed by atoms with Crippen LogP contribution in [0.5, 0.6) is 0 Å². The number of pyridine rings is 1. The van der Waals surface area contributed by atoms with E-state index in [0.717, 1.165) is 44.8 Å². The predicted octanol–water partition coefficient (Wildman–Crippen LogP) is 4.12. The highest BCUT2D eigenvalue weighted by atomic mass is 16.2. The highest BCUT2D eigenvalue weighted by Gasteiger charge is 2.23. The zero-order valence-electron chi connectivity index (χ0n) is 17.5. The van der Waals surface area contributed by atoms with E-state index in [1.807, 2.05) is 24.0 Å². The molecule has 0 spiro atoms. The number of carbonyl (C=O) groups excluding carboxylic acids is 1. The summed E-state index contributed by atoms with van der Waals surface area (Å²) in [7, 11) is 0. The fourth-order valence-electron chi connectivity index (χ4n) is 4.01. The van der Waals surface area contributed by atoms with Gasteiger partial charge in [-0.2, -0.15) is 0 Å². The summed E-state index contributed by atoms with van der Waals surface area (Å²) in [4.78, 5) is 21.6. The Hall–Kier alpha value is -2.20. The highest BCUT2D eigenvalue weighted by Crippen LogP contribution is 2.20. The molecule has 0 aliphatic carbocycles. The van der Waals surface area contributed by atoms with Gasteiger partial charge in [-0.3, -0.25) is 9.78 Å². The van der Waals surface area contributed by atoms with Crippen LogP contribution in [0.15, 0.2) is 42.6 Å². The molecule has 0 radical (unpaired) electrons. The third kappa shape index (κ3) is 5.41. The Morgan fingerprint density at radius 2 is 1.89 bits per heavy atom. The lowest BCUT2D eigenvalue weighted by atomic mass is 9.95. The average Bonchev–Trinajstić information content (AvgIpc) is 2.72. The molecule has 150 valence electrons. The van der Waals surface area contributed by atoms with E-state index in [1.54, 1.807) is 6.20 Å². The SMILES string of the molecule is CCN(CC1CCN(CCc2ccccc2C)CC1)C(=O)c1ccc(C)nc1. The molecule has 0 unspecified atom stereocenters. The molecule has 2 heterocycles. The second-order valence-corrected chi connectivity index (χ2v) is 7.99. The maximum atomic E-state index is 12.8. The van der Waals surface area contributed by atoms with Crippen molar-refractivity contribution in [2.45, 2.75) is 40.0 Å². The molecule has 3 rings (SSSR count). The summed E-state index contributed by atoms with van der Waals surface area (Å²) >= 11 is 0. The van der Waals surface area contributed by atoms with E-state index in [2.05, 4.69) is 48.0 Å². The molecule has 1 saturated heterocycles. The third-order valence-electron chi connectivity index (χ3n) is 5.97. The first-order valence-electron chi connectivity index (χ1n) is 10.6. The van der Waals surface area contributed by atoms with Crippen molar-refractivity contribution in [3.63, 3.8) is 0 Å². The van der Waals surface area contributed by atoms with Crippen LogP contribution in [0.4, 0.5) is 0 Å². The first kappa shape index (κ1) is 20.5. The molecule has 4 heteroatoms. The smallest absolute Gasteiger partial charge is 0.255 e. The van der Waals surface area contributed by atoms with Crippen LogP contribution in [0, 0.1) is 19.8 Å². The van der Waals surface area contributed by atoms with E-state index in [4.69, 9.17) is 0 Å². The fraction of sp³-hybridized carbons (Fsp3) is 0.500. The monoisotopic (exact) mass is 379 g/mol. The molecule has 1 fully saturated rings. The summed E-state index contributed by atoms with van der Waals surface area (Å²) in [5.41, 5.74) is 4.49. The molecule has 0 saturated carbocycles. The van der Waals surface area contributed by atoms with E-state index in [1.165, 1.54) is 24.0 Å². The third-order valence-corrected chi connectivity index (χ3v) is 5.97. The Morgan fingerprint density at radius 3 is 2.54 bits per heavy atom. The minimum absolute atomic E-state index is 0.108. The van der Waals surface area contributed by atoms with E-state index >= 15 is 0 Å². The van der Waals surface area contributed by atoms with Crippen LogP contribution in [-0.4, -0.2) is 53.4 Å². The Morgan fingerprint density at radius 1 is 1.14 bits per heavy atom. The Kier molecular flexibility index (Phi) is 7.21. The van der Waals surface area contributed by atoms with Crippen molar-refractivity contribution in [3.8, 4) is 0 Å². The van der Waals surface area contributed by atoms with E-state index < -0.39 is 0 Å². The van der Waals surface area contributed by atoms with Crippen LogP contribution < -0.4 is 0 Å². The van der Waals surface area contributed by atoms with Crippen molar-refractivity contribution < 1.29 is 4.79 Å². The van der Waals surface area contributed by atoms with Crippen LogP contribution in [0.2, 0.25) is 0 Å². The van der Waals surface area contributed by atoms with Crippen molar-refractivity contribution in [1.29, 1.82) is 0 Å². The van der Waals surface area contributed by atoms with Gasteiger partial charge in [0, 0.05) is 31.5 Å². The normalized spacial score (nSPS) is 15.5. The van der Waals surface area contributed by atoms with Gasteiger partial charge in [0.2, 0.25) is 0 Å². The summed E-state index contributed by atoms with van der Waals surface area (Å²) in [6.45, 7) is 11.2. The number of aromatic nitrogens is 1. The molecular formula is C24H33N3O. The van der Waals surface area contributed by atoms with E-state index in [-0.39, 0.29) is 5.91 Å². The van der Waals surface area contributed by atoms with Crippen LogP contribution in [0.3, 0.4) is 0 Å². The number of piperidine rings is 1. The first-order chi connectivity index (χ1) is 13.6. The van der Waals surface area contributed by atoms with Crippen molar-refractivity contribution >= 4 is 5.91 Å². The Balaban J connectivity index is 1.46. The lowest BCUT2D eigenvalue weighted by Crippen LogP contribution is -2.41. The van der Waals surface area contributed by atoms with Crippen molar-refractivity contribution in [1.82, 2.24) is 14.8 Å². The lowest BCUT2D eigenvalue weighted by molar-refractivity contribution is 0.0701. The van der Waals surface area contributed by atoms with Crippen molar-refractivity contribution in [2.75, 3.05) is 32.7 Å². The number of aryl methyl sites for hydroxylation is 2. The predicted molar refractivity (Wildman–Crippen MR) is 115 cm³/mol. The number of amides is 1. The average molecular weight is 380 g/mol. The van der Waals surface area contributed by atoms with Crippen LogP contribution in [-0.2, 0) is 6.42 Å². The number of benzene rings is 1. The molecule has 28 heavy (non-hydrogen) atoms. The minimum Gasteiger partial charge on any atom is -0.339 e. The van der Waals surface area contributed by atoms with Crippen LogP contribution in [0.1, 0.15) is 46.9 Å². The van der Waals surface area contributed by atoms with Gasteiger partial charge in [-0.05, 0) is 82.3 Å². The number of likely N-dealkylation sites (tertiary alicyclic amines) is 1. The van der Waals surface area contributed by atoms with Crippen molar-refractivity contribution in [3.05, 3.63) is 65.0 Å². The number of rotatable bonds is 7. The standard InChI is InChI=1S/C24H33N3O/c1-4-27(24(28)23-10-9-20(3)25-17-23)18-21-11-14-26(15-12-21)16-13-22-8-6-5-7-19(22)2/h5-10,17,21H,4,11-16,18H2,1-3H3. The van der Waals surface area contributed by atoms with Gasteiger partial charge in [0.05, 0.1) is 5.56 Å². The summed E-state index contributed by atoms with van der Waals surface area (Å²) in [6, 6.07) is 12.5. The summed E-state index contributed by atoms with van der Waals surface area (Å²) in [6.07, 6.45) is 5.17. The molecule has 1 aliphatic rings. The van der Waals surface area contributed by atoms with E-state index in [9.17, 15) is 4.79 Å². The van der Waals surface area contributed by atoms with Gasteiger partial charge in [-0.1, -0.05) is 24.3 Å². The number of nitrogens with zero attached hydrogens (tertiary/aromatic N) is 3. The van der Waals surface area contributed by atoms with Gasteiger partial charge in [0.25, 0.3) is 5.91 Å². The summed E-state index contributed by atoms with van der Waals surface area (Å²) in [5.74, 6) is 0.703. The zero-order valence-corrected chi connectivity index (χ0v) is 17.5. The molecule has 2 aromatic rings. The van der Waals surface area contributed by atoms with Gasteiger partial charge in [-0.25, -0.2) is 0 Å². The zero-order chi connectivity index (χ0) is 19.9. The molecule has 1 aromatic heterocycles. The number of hydrogen-bond donors (Lipinski definition) is 0. The number of hydrogen-bond acceptors (Lipinski definition) is 3. The van der Waals surface area contributed by atoms with Gasteiger partial charge < -0.3 is 9.80 Å². The molecule has 1 aromatic carbocycles. The highest BCUT2D eigenvalue weighted by molar-refractivity contribution is 5.93. The van der Waals surface area contributed by atoms with Gasteiger partial charge in [-0.15, -0.1) is 0 Å². The maximum absolute atomic E-state index is 12.8. The van der Waals surface area contributed by atoms with E-state index in [0.29, 0.717) is 11.5 Å². The van der Waals surface area contributed by atoms with Gasteiger partial charge >= 0.3 is 0 Å². The van der Waals surface area contributed by atoms with Gasteiger partial charge in [0.15, 0.2) is 0 Å². The Bertz CT molecular complexity index is 764. The van der Waals surface area contributed by atoms with Crippen LogP contribution in [0.25, 0.3) is 0 Å². The first-order valence-corrected chi connectivity index (χ1v) is 10.6.